The van der Waals surface area contributed by atoms with Gasteiger partial charge in [0, 0.05) is 0 Å². The summed E-state index contributed by atoms with van der Waals surface area (Å²) in [6.45, 7) is 2.06. The normalized spacial score (nSPS) is 14.4. The Hall–Kier alpha value is -0.920. The first-order valence-corrected chi connectivity index (χ1v) is 6.49. The van der Waals surface area contributed by atoms with Crippen LogP contribution in [0.15, 0.2) is 24.3 Å². The fourth-order valence-corrected chi connectivity index (χ4v) is 2.53. The summed E-state index contributed by atoms with van der Waals surface area (Å²) in [5.74, 6) is -3.08. The summed E-state index contributed by atoms with van der Waals surface area (Å²) in [6, 6.07) is 5.01. The Morgan fingerprint density at radius 2 is 1.45 bits per heavy atom. The predicted molar refractivity (Wildman–Crippen MR) is 64.9 cm³/mol. The van der Waals surface area contributed by atoms with E-state index in [9.17, 15) is 26.3 Å². The van der Waals surface area contributed by atoms with Gasteiger partial charge in [-0.25, -0.2) is 0 Å². The average molecular weight is 365 g/mol. The molecule has 8 heteroatoms. The minimum absolute atomic E-state index is 0.117. The third-order valence-electron chi connectivity index (χ3n) is 2.51. The molecule has 0 radical (unpaired) electrons. The number of halogens is 7. The van der Waals surface area contributed by atoms with Gasteiger partial charge in [-0.05, 0) is 24.6 Å². The second kappa shape index (κ2) is 6.24. The first-order chi connectivity index (χ1) is 9.07. The Labute approximate surface area is 120 Å². The van der Waals surface area contributed by atoms with Crippen LogP contribution in [-0.4, -0.2) is 19.0 Å². The molecule has 0 amide bonds. The van der Waals surface area contributed by atoms with Gasteiger partial charge in [-0.15, -0.1) is 0 Å². The molecule has 0 aliphatic heterocycles. The van der Waals surface area contributed by atoms with Crippen LogP contribution in [0.25, 0.3) is 0 Å². The van der Waals surface area contributed by atoms with Crippen molar-refractivity contribution in [3.8, 4) is 5.75 Å². The van der Waals surface area contributed by atoms with Crippen molar-refractivity contribution in [1.29, 1.82) is 0 Å². The van der Waals surface area contributed by atoms with Crippen LogP contribution in [0.2, 0.25) is 0 Å². The molecule has 0 saturated carbocycles. The van der Waals surface area contributed by atoms with Crippen molar-refractivity contribution in [2.45, 2.75) is 24.1 Å². The van der Waals surface area contributed by atoms with Crippen molar-refractivity contribution < 1.29 is 31.1 Å². The highest BCUT2D eigenvalue weighted by Gasteiger charge is 2.59. The number of rotatable bonds is 4. The minimum atomic E-state index is -5.38. The van der Waals surface area contributed by atoms with Gasteiger partial charge < -0.3 is 4.74 Å². The average Bonchev–Trinajstić information content (AvgIpc) is 2.26. The van der Waals surface area contributed by atoms with Crippen molar-refractivity contribution in [2.24, 2.45) is 5.92 Å². The molecular weight excluding hydrogens is 354 g/mol. The molecule has 0 bridgehead atoms. The van der Waals surface area contributed by atoms with Gasteiger partial charge in [-0.2, -0.15) is 26.3 Å². The van der Waals surface area contributed by atoms with Gasteiger partial charge in [0.15, 0.2) is 5.92 Å². The predicted octanol–water partition coefficient (Wildman–Crippen LogP) is 5.26. The highest BCUT2D eigenvalue weighted by molar-refractivity contribution is 9.09. The molecule has 0 heterocycles. The van der Waals surface area contributed by atoms with E-state index < -0.39 is 23.1 Å². The first-order valence-electron chi connectivity index (χ1n) is 5.57. The fourth-order valence-electron chi connectivity index (χ4n) is 1.62. The molecule has 0 saturated heterocycles. The summed E-state index contributed by atoms with van der Waals surface area (Å²) in [4.78, 5) is -1.90. The van der Waals surface area contributed by atoms with Crippen molar-refractivity contribution in [2.75, 3.05) is 6.61 Å². The van der Waals surface area contributed by atoms with Gasteiger partial charge in [-0.3, -0.25) is 0 Å². The number of hydrogen-bond acceptors (Lipinski definition) is 1. The maximum atomic E-state index is 12.6. The maximum Gasteiger partial charge on any atom is 0.401 e. The molecule has 1 aromatic carbocycles. The number of benzene rings is 1. The molecule has 0 fully saturated rings. The molecule has 1 unspecified atom stereocenters. The number of alkyl halides is 7. The molecule has 0 aliphatic rings. The molecular formula is C12H11BrF6O. The lowest BCUT2D eigenvalue weighted by atomic mass is 9.98. The summed E-state index contributed by atoms with van der Waals surface area (Å²) in [5, 5.41) is 0. The van der Waals surface area contributed by atoms with Crippen LogP contribution in [0.4, 0.5) is 26.3 Å². The minimum Gasteiger partial charge on any atom is -0.494 e. The second-order valence-electron chi connectivity index (χ2n) is 3.96. The number of ether oxygens (including phenoxy) is 1. The molecule has 1 rings (SSSR count). The van der Waals surface area contributed by atoms with Crippen LogP contribution in [0.5, 0.6) is 5.75 Å². The monoisotopic (exact) mass is 364 g/mol. The van der Waals surface area contributed by atoms with Gasteiger partial charge in [0.2, 0.25) is 0 Å². The van der Waals surface area contributed by atoms with Crippen LogP contribution in [-0.2, 0) is 0 Å². The van der Waals surface area contributed by atoms with E-state index in [2.05, 4.69) is 15.9 Å². The van der Waals surface area contributed by atoms with E-state index in [1.54, 1.807) is 6.92 Å². The topological polar surface area (TPSA) is 9.23 Å². The maximum absolute atomic E-state index is 12.6. The molecule has 0 N–H and O–H groups in total. The molecule has 0 aromatic heterocycles. The molecule has 1 atom stereocenters. The third-order valence-corrected chi connectivity index (χ3v) is 3.56. The zero-order valence-electron chi connectivity index (χ0n) is 10.2. The summed E-state index contributed by atoms with van der Waals surface area (Å²) >= 11 is 2.51. The molecule has 20 heavy (non-hydrogen) atoms. The Bertz CT molecular complexity index is 411. The van der Waals surface area contributed by atoms with Crippen molar-refractivity contribution >= 4 is 15.9 Å². The summed E-state index contributed by atoms with van der Waals surface area (Å²) in [7, 11) is 0. The van der Waals surface area contributed by atoms with Gasteiger partial charge >= 0.3 is 12.4 Å². The van der Waals surface area contributed by atoms with E-state index in [1.165, 1.54) is 24.3 Å². The SMILES string of the molecule is CCOc1ccc(C(Br)C(C(F)(F)F)C(F)(F)F)cc1. The lowest BCUT2D eigenvalue weighted by Gasteiger charge is -2.27. The van der Waals surface area contributed by atoms with Crippen LogP contribution >= 0.6 is 15.9 Å². The third kappa shape index (κ3) is 4.29. The van der Waals surface area contributed by atoms with E-state index in [0.717, 1.165) is 0 Å². The Balaban J connectivity index is 3.04. The Kier molecular flexibility index (Phi) is 5.34. The standard InChI is InChI=1S/C12H11BrF6O/c1-2-20-8-5-3-7(4-6-8)9(13)10(11(14,15)16)12(17,18)19/h3-6,9-10H,2H2,1H3. The van der Waals surface area contributed by atoms with Crippen LogP contribution < -0.4 is 4.74 Å². The van der Waals surface area contributed by atoms with E-state index >= 15 is 0 Å². The zero-order valence-corrected chi connectivity index (χ0v) is 11.8. The Morgan fingerprint density at radius 3 is 1.80 bits per heavy atom. The van der Waals surface area contributed by atoms with Gasteiger partial charge in [0.1, 0.15) is 5.75 Å². The summed E-state index contributed by atoms with van der Waals surface area (Å²) in [5.41, 5.74) is -0.117. The molecule has 0 spiro atoms. The van der Waals surface area contributed by atoms with Crippen LogP contribution in [0.3, 0.4) is 0 Å². The second-order valence-corrected chi connectivity index (χ2v) is 4.95. The van der Waals surface area contributed by atoms with Gasteiger partial charge in [0.05, 0.1) is 11.4 Å². The zero-order chi connectivity index (χ0) is 15.6. The fraction of sp³-hybridized carbons (Fsp3) is 0.500. The largest absolute Gasteiger partial charge is 0.494 e. The first kappa shape index (κ1) is 17.1. The molecule has 114 valence electrons. The van der Waals surface area contributed by atoms with E-state index in [0.29, 0.717) is 12.4 Å². The van der Waals surface area contributed by atoms with E-state index in [1.807, 2.05) is 0 Å². The van der Waals surface area contributed by atoms with Gasteiger partial charge in [-0.1, -0.05) is 28.1 Å². The quantitative estimate of drug-likeness (QED) is 0.522. The van der Waals surface area contributed by atoms with Crippen LogP contribution in [0.1, 0.15) is 17.3 Å². The van der Waals surface area contributed by atoms with Crippen molar-refractivity contribution in [1.82, 2.24) is 0 Å². The molecule has 1 nitrogen and oxygen atoms in total. The van der Waals surface area contributed by atoms with E-state index in [-0.39, 0.29) is 5.56 Å². The smallest absolute Gasteiger partial charge is 0.401 e. The van der Waals surface area contributed by atoms with Gasteiger partial charge in [0.25, 0.3) is 0 Å². The summed E-state index contributed by atoms with van der Waals surface area (Å²) < 4.78 is 80.5. The van der Waals surface area contributed by atoms with Crippen molar-refractivity contribution in [3.05, 3.63) is 29.8 Å². The van der Waals surface area contributed by atoms with Crippen molar-refractivity contribution in [3.63, 3.8) is 0 Å². The highest BCUT2D eigenvalue weighted by atomic mass is 79.9. The summed E-state index contributed by atoms with van der Waals surface area (Å²) in [6.07, 6.45) is -10.8. The Morgan fingerprint density at radius 1 is 1.00 bits per heavy atom. The lowest BCUT2D eigenvalue weighted by Crippen LogP contribution is -2.39. The lowest BCUT2D eigenvalue weighted by molar-refractivity contribution is -0.283. The van der Waals surface area contributed by atoms with E-state index in [4.69, 9.17) is 4.74 Å². The molecule has 1 aromatic rings. The highest BCUT2D eigenvalue weighted by Crippen LogP contribution is 2.50. The van der Waals surface area contributed by atoms with Crippen LogP contribution in [0, 0.1) is 5.92 Å². The molecule has 0 aliphatic carbocycles. The number of hydrogen-bond donors (Lipinski definition) is 0.